The lowest BCUT2D eigenvalue weighted by Crippen LogP contribution is -2.67. The van der Waals surface area contributed by atoms with Crippen molar-refractivity contribution in [1.29, 1.82) is 0 Å². The van der Waals surface area contributed by atoms with E-state index in [-0.39, 0.29) is 0 Å². The third-order valence-electron chi connectivity index (χ3n) is 4.86. The van der Waals surface area contributed by atoms with Crippen molar-refractivity contribution in [1.82, 2.24) is 0 Å². The average molecular weight is 634 g/mol. The van der Waals surface area contributed by atoms with E-state index in [9.17, 15) is 0 Å². The highest BCUT2D eigenvalue weighted by molar-refractivity contribution is 14.1. The molecule has 0 aliphatic heterocycles. The van der Waals surface area contributed by atoms with E-state index in [2.05, 4.69) is 165 Å². The van der Waals surface area contributed by atoms with Crippen LogP contribution in [-0.4, -0.2) is 11.6 Å². The van der Waals surface area contributed by atoms with Crippen LogP contribution in [0.2, 0.25) is 0 Å². The van der Waals surface area contributed by atoms with Crippen molar-refractivity contribution in [3.8, 4) is 0 Å². The normalized spacial score (nSPS) is 11.9. The van der Waals surface area contributed by atoms with Gasteiger partial charge in [-0.1, -0.05) is 165 Å². The Labute approximate surface area is 199 Å². The van der Waals surface area contributed by atoms with Gasteiger partial charge in [0.05, 0.1) is 0 Å². The van der Waals surface area contributed by atoms with Gasteiger partial charge in [-0.3, -0.25) is 0 Å². The van der Waals surface area contributed by atoms with Crippen molar-refractivity contribution in [3.63, 3.8) is 0 Å². The molecular formula is C24H20I2OSi2. The molecule has 0 radical (unpaired) electrons. The van der Waals surface area contributed by atoms with Crippen molar-refractivity contribution in [3.05, 3.63) is 121 Å². The van der Waals surface area contributed by atoms with Gasteiger partial charge < -0.3 is 4.12 Å². The van der Waals surface area contributed by atoms with Crippen LogP contribution < -0.4 is 20.7 Å². The highest BCUT2D eigenvalue weighted by Crippen LogP contribution is 2.26. The van der Waals surface area contributed by atoms with Gasteiger partial charge in [0.2, 0.25) is 0 Å². The molecule has 4 aromatic rings. The minimum Gasteiger partial charge on any atom is -0.427 e. The standard InChI is InChI=1S/C24H20I2OSi2/c25-28(21-13-5-1-6-14-21,22-15-7-2-8-16-22)27-29(26,23-17-9-3-10-18-23)24-19-11-4-12-20-24/h1-20H. The Balaban J connectivity index is 1.91. The Morgan fingerprint density at radius 2 is 0.586 bits per heavy atom. The summed E-state index contributed by atoms with van der Waals surface area (Å²) in [5.41, 5.74) is 0. The van der Waals surface area contributed by atoms with E-state index >= 15 is 0 Å². The van der Waals surface area contributed by atoms with Crippen LogP contribution in [-0.2, 0) is 4.12 Å². The molecule has 0 atom stereocenters. The van der Waals surface area contributed by atoms with E-state index in [0.717, 1.165) is 0 Å². The third kappa shape index (κ3) is 4.43. The topological polar surface area (TPSA) is 9.23 Å². The molecule has 4 aromatic carbocycles. The van der Waals surface area contributed by atoms with Crippen molar-refractivity contribution in [2.24, 2.45) is 0 Å². The molecule has 0 aliphatic rings. The van der Waals surface area contributed by atoms with Crippen LogP contribution in [0.1, 0.15) is 0 Å². The predicted octanol–water partition coefficient (Wildman–Crippen LogP) is 4.39. The molecule has 1 nitrogen and oxygen atoms in total. The van der Waals surface area contributed by atoms with Crippen molar-refractivity contribution < 1.29 is 4.12 Å². The van der Waals surface area contributed by atoms with Gasteiger partial charge in [0.15, 0.2) is 0 Å². The molecule has 5 heteroatoms. The van der Waals surface area contributed by atoms with E-state index in [0.29, 0.717) is 0 Å². The van der Waals surface area contributed by atoms with Gasteiger partial charge >= 0.3 is 11.6 Å². The maximum absolute atomic E-state index is 7.42. The van der Waals surface area contributed by atoms with Gasteiger partial charge in [0.25, 0.3) is 0 Å². The monoisotopic (exact) mass is 634 g/mol. The first-order chi connectivity index (χ1) is 14.1. The molecule has 0 saturated carbocycles. The van der Waals surface area contributed by atoms with Crippen LogP contribution in [0, 0.1) is 0 Å². The zero-order valence-corrected chi connectivity index (χ0v) is 22.0. The summed E-state index contributed by atoms with van der Waals surface area (Å²) in [5, 5.41) is 5.14. The predicted molar refractivity (Wildman–Crippen MR) is 145 cm³/mol. The molecule has 0 unspecified atom stereocenters. The van der Waals surface area contributed by atoms with E-state index in [1.807, 2.05) is 0 Å². The average Bonchev–Trinajstić information content (AvgIpc) is 2.81. The Morgan fingerprint density at radius 3 is 0.793 bits per heavy atom. The van der Waals surface area contributed by atoms with Crippen molar-refractivity contribution in [2.45, 2.75) is 0 Å². The molecule has 0 aliphatic carbocycles. The Hall–Kier alpha value is -1.27. The molecule has 0 spiro atoms. The molecule has 29 heavy (non-hydrogen) atoms. The number of hydrogen-bond donors (Lipinski definition) is 0. The second-order valence-corrected chi connectivity index (χ2v) is 21.4. The zero-order valence-electron chi connectivity index (χ0n) is 15.7. The van der Waals surface area contributed by atoms with Crippen LogP contribution >= 0.6 is 43.6 Å². The Kier molecular flexibility index (Phi) is 6.70. The quantitative estimate of drug-likeness (QED) is 0.174. The summed E-state index contributed by atoms with van der Waals surface area (Å²) in [6.45, 7) is 0. The Morgan fingerprint density at radius 1 is 0.379 bits per heavy atom. The lowest BCUT2D eigenvalue weighted by molar-refractivity contribution is 0.626. The van der Waals surface area contributed by atoms with Gasteiger partial charge in [-0.2, -0.15) is 0 Å². The first-order valence-electron chi connectivity index (χ1n) is 9.43. The summed E-state index contributed by atoms with van der Waals surface area (Å²) in [5.74, 6) is -4.96. The van der Waals surface area contributed by atoms with E-state index in [1.54, 1.807) is 0 Å². The second kappa shape index (κ2) is 9.26. The summed E-state index contributed by atoms with van der Waals surface area (Å²) in [6, 6.07) is 42.9. The number of halogens is 2. The first kappa shape index (κ1) is 21.0. The third-order valence-corrected chi connectivity index (χ3v) is 22.9. The summed E-state index contributed by atoms with van der Waals surface area (Å²) in [4.78, 5) is 0. The zero-order chi connectivity index (χ0) is 20.2. The number of rotatable bonds is 6. The summed E-state index contributed by atoms with van der Waals surface area (Å²) in [7, 11) is 0. The lowest BCUT2D eigenvalue weighted by Gasteiger charge is -2.36. The molecule has 0 amide bonds. The SMILES string of the molecule is I[Si](O[Si](I)(c1ccccc1)c1ccccc1)(c1ccccc1)c1ccccc1. The van der Waals surface area contributed by atoms with Gasteiger partial charge in [-0.05, 0) is 20.7 Å². The van der Waals surface area contributed by atoms with E-state index in [1.165, 1.54) is 20.7 Å². The number of hydrogen-bond acceptors (Lipinski definition) is 1. The fourth-order valence-electron chi connectivity index (χ4n) is 3.37. The molecule has 0 bridgehead atoms. The van der Waals surface area contributed by atoms with Crippen molar-refractivity contribution >= 4 is 76.0 Å². The minimum absolute atomic E-state index is 1.28. The van der Waals surface area contributed by atoms with Crippen molar-refractivity contribution in [2.75, 3.05) is 0 Å². The lowest BCUT2D eigenvalue weighted by atomic mass is 10.4. The van der Waals surface area contributed by atoms with Gasteiger partial charge in [0, 0.05) is 0 Å². The highest BCUT2D eigenvalue weighted by atomic mass is 127. The van der Waals surface area contributed by atoms with E-state index in [4.69, 9.17) is 4.12 Å². The molecule has 4 rings (SSSR count). The highest BCUT2D eigenvalue weighted by Gasteiger charge is 2.48. The Bertz CT molecular complexity index is 879. The molecule has 0 heterocycles. The van der Waals surface area contributed by atoms with Gasteiger partial charge in [0.1, 0.15) is 0 Å². The largest absolute Gasteiger partial charge is 0.427 e. The smallest absolute Gasteiger partial charge is 0.314 e. The molecule has 0 N–H and O–H groups in total. The molecule has 0 saturated heterocycles. The van der Waals surface area contributed by atoms with Crippen LogP contribution in [0.25, 0.3) is 0 Å². The van der Waals surface area contributed by atoms with Gasteiger partial charge in [-0.15, -0.1) is 0 Å². The van der Waals surface area contributed by atoms with Crippen LogP contribution in [0.5, 0.6) is 0 Å². The van der Waals surface area contributed by atoms with E-state index < -0.39 is 11.6 Å². The summed E-state index contributed by atoms with van der Waals surface area (Å²) in [6.07, 6.45) is 0. The number of benzene rings is 4. The first-order valence-corrected chi connectivity index (χ1v) is 19.5. The molecule has 144 valence electrons. The molecular weight excluding hydrogens is 614 g/mol. The fraction of sp³-hybridized carbons (Fsp3) is 0. The maximum Gasteiger partial charge on any atom is 0.314 e. The van der Waals surface area contributed by atoms with Gasteiger partial charge in [-0.25, -0.2) is 0 Å². The second-order valence-electron chi connectivity index (χ2n) is 6.76. The maximum atomic E-state index is 7.42. The molecule has 0 fully saturated rings. The molecule has 0 aromatic heterocycles. The summed E-state index contributed by atoms with van der Waals surface area (Å²) >= 11 is 5.26. The van der Waals surface area contributed by atoms with Crippen LogP contribution in [0.4, 0.5) is 0 Å². The van der Waals surface area contributed by atoms with Crippen LogP contribution in [0.3, 0.4) is 0 Å². The summed E-state index contributed by atoms with van der Waals surface area (Å²) < 4.78 is 7.42. The minimum atomic E-state index is -2.48. The van der Waals surface area contributed by atoms with Crippen LogP contribution in [0.15, 0.2) is 121 Å². The fourth-order valence-corrected chi connectivity index (χ4v) is 24.0.